The van der Waals surface area contributed by atoms with Gasteiger partial charge in [-0.3, -0.25) is 4.79 Å². The number of anilines is 2. The van der Waals surface area contributed by atoms with Crippen LogP contribution < -0.4 is 5.32 Å². The number of piperidine rings is 1. The molecule has 0 aliphatic carbocycles. The summed E-state index contributed by atoms with van der Waals surface area (Å²) in [7, 11) is 0. The van der Waals surface area contributed by atoms with Crippen LogP contribution in [0.2, 0.25) is 0 Å². The van der Waals surface area contributed by atoms with Gasteiger partial charge < -0.3 is 10.2 Å². The van der Waals surface area contributed by atoms with Gasteiger partial charge in [0.25, 0.3) is 5.91 Å². The molecule has 0 unspecified atom stereocenters. The topological polar surface area (TPSA) is 32.3 Å². The van der Waals surface area contributed by atoms with E-state index in [4.69, 9.17) is 0 Å². The number of rotatable bonds is 3. The molecule has 1 heterocycles. The van der Waals surface area contributed by atoms with E-state index in [9.17, 15) is 13.6 Å². The van der Waals surface area contributed by atoms with Gasteiger partial charge in [0, 0.05) is 35.8 Å². The van der Waals surface area contributed by atoms with Crippen molar-refractivity contribution in [2.45, 2.75) is 19.3 Å². The maximum absolute atomic E-state index is 14.0. The van der Waals surface area contributed by atoms with E-state index in [0.717, 1.165) is 49.2 Å². The van der Waals surface area contributed by atoms with Crippen LogP contribution in [0.25, 0.3) is 10.8 Å². The zero-order valence-electron chi connectivity index (χ0n) is 14.8. The number of halogens is 2. The summed E-state index contributed by atoms with van der Waals surface area (Å²) in [6, 6.07) is 14.5. The van der Waals surface area contributed by atoms with E-state index in [0.29, 0.717) is 11.3 Å². The van der Waals surface area contributed by atoms with Crippen LogP contribution in [0.15, 0.2) is 54.6 Å². The summed E-state index contributed by atoms with van der Waals surface area (Å²) in [6.45, 7) is 1.57. The summed E-state index contributed by atoms with van der Waals surface area (Å²) < 4.78 is 27.2. The second-order valence-electron chi connectivity index (χ2n) is 6.81. The van der Waals surface area contributed by atoms with Gasteiger partial charge in [0.1, 0.15) is 11.6 Å². The second-order valence-corrected chi connectivity index (χ2v) is 6.81. The van der Waals surface area contributed by atoms with Crippen molar-refractivity contribution < 1.29 is 13.6 Å². The molecule has 1 N–H and O–H groups in total. The molecule has 4 rings (SSSR count). The fourth-order valence-corrected chi connectivity index (χ4v) is 3.60. The van der Waals surface area contributed by atoms with Gasteiger partial charge in [-0.05, 0) is 48.9 Å². The largest absolute Gasteiger partial charge is 0.353 e. The molecule has 0 spiro atoms. The smallest absolute Gasteiger partial charge is 0.254 e. The SMILES string of the molecule is O=C(c1ccc(Nc2ccc(F)cc2F)c2ccccc12)N1CCCCC1. The molecule has 0 bridgehead atoms. The molecule has 0 saturated carbocycles. The summed E-state index contributed by atoms with van der Waals surface area (Å²) in [5.74, 6) is -1.25. The van der Waals surface area contributed by atoms with E-state index in [1.807, 2.05) is 29.2 Å². The molecule has 1 aliphatic heterocycles. The zero-order chi connectivity index (χ0) is 18.8. The Labute approximate surface area is 156 Å². The van der Waals surface area contributed by atoms with Gasteiger partial charge in [-0.2, -0.15) is 0 Å². The molecule has 1 saturated heterocycles. The van der Waals surface area contributed by atoms with Crippen LogP contribution in [-0.2, 0) is 0 Å². The van der Waals surface area contributed by atoms with Crippen molar-refractivity contribution in [1.82, 2.24) is 4.90 Å². The first-order valence-electron chi connectivity index (χ1n) is 9.16. The number of benzene rings is 3. The van der Waals surface area contributed by atoms with Gasteiger partial charge in [-0.25, -0.2) is 8.78 Å². The highest BCUT2D eigenvalue weighted by Gasteiger charge is 2.20. The van der Waals surface area contributed by atoms with Crippen molar-refractivity contribution in [2.75, 3.05) is 18.4 Å². The summed E-state index contributed by atoms with van der Waals surface area (Å²) in [5, 5.41) is 4.66. The number of likely N-dealkylation sites (tertiary alicyclic amines) is 1. The Hall–Kier alpha value is -2.95. The minimum Gasteiger partial charge on any atom is -0.353 e. The quantitative estimate of drug-likeness (QED) is 0.665. The Morgan fingerprint density at radius 2 is 1.56 bits per heavy atom. The van der Waals surface area contributed by atoms with E-state index < -0.39 is 11.6 Å². The van der Waals surface area contributed by atoms with Crippen LogP contribution in [0.3, 0.4) is 0 Å². The zero-order valence-corrected chi connectivity index (χ0v) is 14.8. The van der Waals surface area contributed by atoms with Gasteiger partial charge in [0.15, 0.2) is 0 Å². The van der Waals surface area contributed by atoms with Crippen molar-refractivity contribution in [2.24, 2.45) is 0 Å². The number of nitrogens with one attached hydrogen (secondary N) is 1. The highest BCUT2D eigenvalue weighted by molar-refractivity contribution is 6.10. The number of hydrogen-bond acceptors (Lipinski definition) is 2. The highest BCUT2D eigenvalue weighted by Crippen LogP contribution is 2.31. The Bertz CT molecular complexity index is 997. The first-order valence-corrected chi connectivity index (χ1v) is 9.16. The lowest BCUT2D eigenvalue weighted by molar-refractivity contribution is 0.0726. The van der Waals surface area contributed by atoms with E-state index in [1.165, 1.54) is 12.1 Å². The van der Waals surface area contributed by atoms with Crippen molar-refractivity contribution in [3.63, 3.8) is 0 Å². The van der Waals surface area contributed by atoms with E-state index in [2.05, 4.69) is 5.32 Å². The molecule has 5 heteroatoms. The summed E-state index contributed by atoms with van der Waals surface area (Å²) in [5.41, 5.74) is 1.51. The number of fused-ring (bicyclic) bond motifs is 1. The third-order valence-corrected chi connectivity index (χ3v) is 5.00. The maximum Gasteiger partial charge on any atom is 0.254 e. The Morgan fingerprint density at radius 1 is 0.852 bits per heavy atom. The molecule has 3 nitrogen and oxygen atoms in total. The molecule has 0 atom stereocenters. The number of carbonyl (C=O) groups excluding carboxylic acids is 1. The number of hydrogen-bond donors (Lipinski definition) is 1. The number of nitrogens with zero attached hydrogens (tertiary/aromatic N) is 1. The average molecular weight is 366 g/mol. The molecule has 138 valence electrons. The van der Waals surface area contributed by atoms with E-state index in [1.54, 1.807) is 12.1 Å². The fourth-order valence-electron chi connectivity index (χ4n) is 3.60. The Morgan fingerprint density at radius 3 is 2.30 bits per heavy atom. The van der Waals surface area contributed by atoms with Gasteiger partial charge in [-0.1, -0.05) is 24.3 Å². The lowest BCUT2D eigenvalue weighted by Gasteiger charge is -2.27. The minimum absolute atomic E-state index is 0.0328. The van der Waals surface area contributed by atoms with Crippen LogP contribution in [-0.4, -0.2) is 23.9 Å². The van der Waals surface area contributed by atoms with E-state index >= 15 is 0 Å². The molecule has 3 aromatic carbocycles. The van der Waals surface area contributed by atoms with Gasteiger partial charge in [-0.15, -0.1) is 0 Å². The molecule has 1 amide bonds. The first-order chi connectivity index (χ1) is 13.1. The standard InChI is InChI=1S/C22H20F2N2O/c23-15-8-10-21(19(24)14-15)25-20-11-9-18(16-6-2-3-7-17(16)20)22(27)26-12-4-1-5-13-26/h2-3,6-11,14,25H,1,4-5,12-13H2. The molecular weight excluding hydrogens is 346 g/mol. The van der Waals surface area contributed by atoms with Crippen LogP contribution >= 0.6 is 0 Å². The number of amides is 1. The monoisotopic (exact) mass is 366 g/mol. The summed E-state index contributed by atoms with van der Waals surface area (Å²) in [6.07, 6.45) is 3.23. The predicted octanol–water partition coefficient (Wildman–Crippen LogP) is 5.49. The van der Waals surface area contributed by atoms with Crippen LogP contribution in [0, 0.1) is 11.6 Å². The molecule has 1 aliphatic rings. The molecular formula is C22H20F2N2O. The predicted molar refractivity (Wildman–Crippen MR) is 103 cm³/mol. The molecule has 27 heavy (non-hydrogen) atoms. The van der Waals surface area contributed by atoms with Crippen molar-refractivity contribution in [1.29, 1.82) is 0 Å². The third kappa shape index (κ3) is 3.50. The van der Waals surface area contributed by atoms with Crippen LogP contribution in [0.5, 0.6) is 0 Å². The van der Waals surface area contributed by atoms with Crippen molar-refractivity contribution >= 4 is 28.1 Å². The lowest BCUT2D eigenvalue weighted by atomic mass is 10.0. The van der Waals surface area contributed by atoms with Gasteiger partial charge in [0.2, 0.25) is 0 Å². The average Bonchev–Trinajstić information content (AvgIpc) is 2.70. The normalized spacial score (nSPS) is 14.4. The lowest BCUT2D eigenvalue weighted by Crippen LogP contribution is -2.35. The van der Waals surface area contributed by atoms with Crippen molar-refractivity contribution in [3.05, 3.63) is 71.8 Å². The summed E-state index contributed by atoms with van der Waals surface area (Å²) >= 11 is 0. The highest BCUT2D eigenvalue weighted by atomic mass is 19.1. The Kier molecular flexibility index (Phi) is 4.75. The molecule has 0 aromatic heterocycles. The van der Waals surface area contributed by atoms with Gasteiger partial charge >= 0.3 is 0 Å². The summed E-state index contributed by atoms with van der Waals surface area (Å²) in [4.78, 5) is 14.9. The molecule has 0 radical (unpaired) electrons. The second kappa shape index (κ2) is 7.35. The van der Waals surface area contributed by atoms with E-state index in [-0.39, 0.29) is 11.6 Å². The Balaban J connectivity index is 1.73. The first kappa shape index (κ1) is 17.5. The van der Waals surface area contributed by atoms with Crippen LogP contribution in [0.1, 0.15) is 29.6 Å². The maximum atomic E-state index is 14.0. The van der Waals surface area contributed by atoms with Gasteiger partial charge in [0.05, 0.1) is 5.69 Å². The fraction of sp³-hybridized carbons (Fsp3) is 0.227. The third-order valence-electron chi connectivity index (χ3n) is 5.00. The molecule has 3 aromatic rings. The minimum atomic E-state index is -0.660. The van der Waals surface area contributed by atoms with Crippen LogP contribution in [0.4, 0.5) is 20.2 Å². The van der Waals surface area contributed by atoms with Crippen molar-refractivity contribution in [3.8, 4) is 0 Å². The number of carbonyl (C=O) groups is 1. The molecule has 1 fully saturated rings.